The highest BCUT2D eigenvalue weighted by molar-refractivity contribution is 5.85. The highest BCUT2D eigenvalue weighted by Gasteiger charge is 2.41. The van der Waals surface area contributed by atoms with Crippen molar-refractivity contribution in [2.24, 2.45) is 0 Å². The molecule has 1 fully saturated rings. The van der Waals surface area contributed by atoms with Gasteiger partial charge in [0.15, 0.2) is 0 Å². The molecule has 3 heteroatoms. The zero-order chi connectivity index (χ0) is 13.3. The Morgan fingerprint density at radius 3 is 2.65 bits per heavy atom. The van der Waals surface area contributed by atoms with Gasteiger partial charge in [-0.2, -0.15) is 0 Å². The summed E-state index contributed by atoms with van der Waals surface area (Å²) in [5, 5.41) is 0. The Labute approximate surface area is 128 Å². The van der Waals surface area contributed by atoms with Gasteiger partial charge in [0.2, 0.25) is 0 Å². The third-order valence-electron chi connectivity index (χ3n) is 5.28. The van der Waals surface area contributed by atoms with E-state index in [1.807, 2.05) is 0 Å². The Hall–Kier alpha value is -0.860. The average molecular weight is 294 g/mol. The van der Waals surface area contributed by atoms with Crippen molar-refractivity contribution in [2.45, 2.75) is 50.5 Å². The molecule has 3 rings (SSSR count). The summed E-state index contributed by atoms with van der Waals surface area (Å²) in [6.07, 6.45) is 6.81. The van der Waals surface area contributed by atoms with Crippen LogP contribution >= 0.6 is 12.4 Å². The molecule has 20 heavy (non-hydrogen) atoms. The van der Waals surface area contributed by atoms with E-state index in [1.54, 1.807) is 11.1 Å². The summed E-state index contributed by atoms with van der Waals surface area (Å²) in [7, 11) is 0. The monoisotopic (exact) mass is 293 g/mol. The normalized spacial score (nSPS) is 22.1. The molecule has 110 valence electrons. The van der Waals surface area contributed by atoms with Crippen LogP contribution in [0.4, 0.5) is 0 Å². The fourth-order valence-electron chi connectivity index (χ4n) is 3.96. The molecule has 0 bridgehead atoms. The molecule has 1 aromatic rings. The number of carbonyl (C=O) groups excluding carboxylic acids is 1. The average Bonchev–Trinajstić information content (AvgIpc) is 2.80. The van der Waals surface area contributed by atoms with E-state index in [4.69, 9.17) is 0 Å². The quantitative estimate of drug-likeness (QED) is 0.797. The van der Waals surface area contributed by atoms with Crippen LogP contribution in [0.25, 0.3) is 0 Å². The number of fused-ring (bicyclic) bond motifs is 2. The van der Waals surface area contributed by atoms with Crippen molar-refractivity contribution in [1.82, 2.24) is 4.90 Å². The Kier molecular flexibility index (Phi) is 4.87. The molecule has 1 heterocycles. The third kappa shape index (κ3) is 2.64. The second-order valence-electron chi connectivity index (χ2n) is 6.22. The maximum atomic E-state index is 10.6. The van der Waals surface area contributed by atoms with Crippen molar-refractivity contribution >= 4 is 18.7 Å². The van der Waals surface area contributed by atoms with Gasteiger partial charge < -0.3 is 9.69 Å². The first-order valence-corrected chi connectivity index (χ1v) is 7.51. The van der Waals surface area contributed by atoms with Crippen LogP contribution in [0.5, 0.6) is 0 Å². The summed E-state index contributed by atoms with van der Waals surface area (Å²) in [6, 6.07) is 9.40. The number of hydrogen-bond acceptors (Lipinski definition) is 2. The number of nitrogens with zero attached hydrogens (tertiary/aromatic N) is 1. The lowest BCUT2D eigenvalue weighted by Crippen LogP contribution is -2.45. The van der Waals surface area contributed by atoms with Crippen molar-refractivity contribution in [2.75, 3.05) is 13.1 Å². The molecular weight excluding hydrogens is 270 g/mol. The second kappa shape index (κ2) is 6.28. The van der Waals surface area contributed by atoms with E-state index in [2.05, 4.69) is 36.1 Å². The highest BCUT2D eigenvalue weighted by atomic mass is 35.5. The molecule has 1 atom stereocenters. The van der Waals surface area contributed by atoms with E-state index < -0.39 is 0 Å². The van der Waals surface area contributed by atoms with Gasteiger partial charge in [-0.25, -0.2) is 0 Å². The molecule has 2 nitrogen and oxygen atoms in total. The molecule has 1 saturated heterocycles. The number of hydrogen-bond donors (Lipinski definition) is 0. The van der Waals surface area contributed by atoms with E-state index in [0.29, 0.717) is 17.9 Å². The second-order valence-corrected chi connectivity index (χ2v) is 6.22. The molecule has 2 aliphatic rings. The van der Waals surface area contributed by atoms with Crippen LogP contribution in [0.1, 0.15) is 43.7 Å². The molecule has 0 aromatic heterocycles. The molecule has 0 N–H and O–H groups in total. The first-order valence-electron chi connectivity index (χ1n) is 7.51. The summed E-state index contributed by atoms with van der Waals surface area (Å²) in [4.78, 5) is 13.1. The topological polar surface area (TPSA) is 20.3 Å². The van der Waals surface area contributed by atoms with Gasteiger partial charge in [-0.1, -0.05) is 24.3 Å². The van der Waals surface area contributed by atoms with Gasteiger partial charge in [0, 0.05) is 12.5 Å². The number of halogens is 1. The molecule has 0 saturated carbocycles. The molecule has 1 aromatic carbocycles. The zero-order valence-electron chi connectivity index (χ0n) is 12.2. The molecule has 1 aliphatic carbocycles. The number of aldehydes is 1. The zero-order valence-corrected chi connectivity index (χ0v) is 13.0. The molecule has 1 spiro atoms. The molecule has 1 unspecified atom stereocenters. The molecule has 0 radical (unpaired) electrons. The summed E-state index contributed by atoms with van der Waals surface area (Å²) in [5.41, 5.74) is 3.61. The standard InChI is InChI=1S/C17H23NO.ClH/c1-14(7-13-19)18-11-9-17(10-12-18)8-6-15-4-2-3-5-16(15)17;/h2-5,13-14H,6-12H2,1H3;1H. The summed E-state index contributed by atoms with van der Waals surface area (Å²) >= 11 is 0. The Morgan fingerprint density at radius 1 is 1.25 bits per heavy atom. The minimum atomic E-state index is 0. The van der Waals surface area contributed by atoms with E-state index >= 15 is 0 Å². The number of piperidine rings is 1. The van der Waals surface area contributed by atoms with Gasteiger partial charge in [-0.3, -0.25) is 0 Å². The number of benzene rings is 1. The SMILES string of the molecule is CC(CC=O)N1CCC2(CCc3ccccc32)CC1.Cl. The Morgan fingerprint density at radius 2 is 1.95 bits per heavy atom. The summed E-state index contributed by atoms with van der Waals surface area (Å²) in [6.45, 7) is 4.46. The minimum absolute atomic E-state index is 0. The van der Waals surface area contributed by atoms with Crippen LogP contribution in [-0.2, 0) is 16.6 Å². The number of likely N-dealkylation sites (tertiary alicyclic amines) is 1. The van der Waals surface area contributed by atoms with Gasteiger partial charge >= 0.3 is 0 Å². The van der Waals surface area contributed by atoms with E-state index in [0.717, 1.165) is 19.4 Å². The van der Waals surface area contributed by atoms with Crippen LogP contribution in [0.3, 0.4) is 0 Å². The summed E-state index contributed by atoms with van der Waals surface area (Å²) < 4.78 is 0. The summed E-state index contributed by atoms with van der Waals surface area (Å²) in [5.74, 6) is 0. The van der Waals surface area contributed by atoms with Crippen LogP contribution in [0, 0.1) is 0 Å². The van der Waals surface area contributed by atoms with Gasteiger partial charge in [0.1, 0.15) is 6.29 Å². The predicted molar refractivity (Wildman–Crippen MR) is 84.6 cm³/mol. The van der Waals surface area contributed by atoms with E-state index in [-0.39, 0.29) is 12.4 Å². The van der Waals surface area contributed by atoms with Gasteiger partial charge in [0.25, 0.3) is 0 Å². The van der Waals surface area contributed by atoms with Crippen molar-refractivity contribution in [1.29, 1.82) is 0 Å². The smallest absolute Gasteiger partial charge is 0.121 e. The fourth-order valence-corrected chi connectivity index (χ4v) is 3.96. The lowest BCUT2D eigenvalue weighted by Gasteiger charge is -2.42. The number of carbonyl (C=O) groups is 1. The van der Waals surface area contributed by atoms with Crippen molar-refractivity contribution in [3.63, 3.8) is 0 Å². The Balaban J connectivity index is 0.00000147. The first-order chi connectivity index (χ1) is 9.25. The predicted octanol–water partition coefficient (Wildman–Crippen LogP) is 3.37. The van der Waals surface area contributed by atoms with Gasteiger partial charge in [-0.15, -0.1) is 12.4 Å². The molecular formula is C17H24ClNO. The van der Waals surface area contributed by atoms with E-state index in [9.17, 15) is 4.79 Å². The number of rotatable bonds is 3. The van der Waals surface area contributed by atoms with Gasteiger partial charge in [0.05, 0.1) is 0 Å². The van der Waals surface area contributed by atoms with Crippen molar-refractivity contribution in [3.8, 4) is 0 Å². The fraction of sp³-hybridized carbons (Fsp3) is 0.588. The van der Waals surface area contributed by atoms with Crippen LogP contribution in [-0.4, -0.2) is 30.3 Å². The van der Waals surface area contributed by atoms with Crippen LogP contribution < -0.4 is 0 Å². The van der Waals surface area contributed by atoms with Crippen LogP contribution in [0.2, 0.25) is 0 Å². The largest absolute Gasteiger partial charge is 0.303 e. The molecule has 0 amide bonds. The minimum Gasteiger partial charge on any atom is -0.303 e. The maximum absolute atomic E-state index is 10.6. The maximum Gasteiger partial charge on any atom is 0.121 e. The third-order valence-corrected chi connectivity index (χ3v) is 5.28. The first kappa shape index (κ1) is 15.5. The lowest BCUT2D eigenvalue weighted by atomic mass is 9.73. The highest BCUT2D eigenvalue weighted by Crippen LogP contribution is 2.46. The Bertz CT molecular complexity index is 466. The van der Waals surface area contributed by atoms with Crippen LogP contribution in [0.15, 0.2) is 24.3 Å². The van der Waals surface area contributed by atoms with Crippen molar-refractivity contribution < 1.29 is 4.79 Å². The van der Waals surface area contributed by atoms with Gasteiger partial charge in [-0.05, 0) is 62.2 Å². The number of aryl methyl sites for hydroxylation is 1. The lowest BCUT2D eigenvalue weighted by molar-refractivity contribution is -0.108. The van der Waals surface area contributed by atoms with Crippen molar-refractivity contribution in [3.05, 3.63) is 35.4 Å². The molecule has 1 aliphatic heterocycles. The van der Waals surface area contributed by atoms with E-state index in [1.165, 1.54) is 25.7 Å².